The lowest BCUT2D eigenvalue weighted by Gasteiger charge is -2.17. The van der Waals surface area contributed by atoms with Gasteiger partial charge in [-0.15, -0.1) is 0 Å². The molecule has 1 aromatic heterocycles. The van der Waals surface area contributed by atoms with E-state index in [1.165, 1.54) is 6.33 Å². The molecule has 1 heterocycles. The minimum atomic E-state index is 0.631. The predicted octanol–water partition coefficient (Wildman–Crippen LogP) is 0.561. The molecular weight excluding hydrogens is 198 g/mol. The van der Waals surface area contributed by atoms with Gasteiger partial charge in [0.1, 0.15) is 18.0 Å². The van der Waals surface area contributed by atoms with Crippen molar-refractivity contribution in [2.45, 2.75) is 0 Å². The summed E-state index contributed by atoms with van der Waals surface area (Å²) in [7, 11) is 2.00. The fourth-order valence-corrected chi connectivity index (χ4v) is 1.43. The van der Waals surface area contributed by atoms with E-state index in [2.05, 4.69) is 26.5 Å². The molecule has 0 aliphatic heterocycles. The van der Waals surface area contributed by atoms with Crippen LogP contribution in [0.3, 0.4) is 0 Å². The summed E-state index contributed by atoms with van der Waals surface area (Å²) < 4.78 is 0. The van der Waals surface area contributed by atoms with Crippen LogP contribution in [0, 0.1) is 0 Å². The van der Waals surface area contributed by atoms with Gasteiger partial charge in [-0.3, -0.25) is 0 Å². The number of thioether (sulfide) groups is 1. The largest absolute Gasteiger partial charge is 0.359 e. The maximum absolute atomic E-state index is 5.26. The van der Waals surface area contributed by atoms with E-state index < -0.39 is 0 Å². The highest BCUT2D eigenvalue weighted by atomic mass is 32.2. The molecule has 14 heavy (non-hydrogen) atoms. The van der Waals surface area contributed by atoms with Gasteiger partial charge in [0.15, 0.2) is 0 Å². The Kier molecular flexibility index (Phi) is 4.48. The van der Waals surface area contributed by atoms with Crippen molar-refractivity contribution in [3.8, 4) is 0 Å². The lowest BCUT2D eigenvalue weighted by molar-refractivity contribution is 0.936. The zero-order chi connectivity index (χ0) is 10.4. The minimum absolute atomic E-state index is 0.631. The highest BCUT2D eigenvalue weighted by Gasteiger charge is 2.02. The van der Waals surface area contributed by atoms with E-state index >= 15 is 0 Å². The van der Waals surface area contributed by atoms with Gasteiger partial charge in [-0.1, -0.05) is 0 Å². The molecule has 1 rings (SSSR count). The van der Waals surface area contributed by atoms with Gasteiger partial charge in [-0.25, -0.2) is 15.8 Å². The Morgan fingerprint density at radius 2 is 2.36 bits per heavy atom. The molecular formula is C8H15N5S. The summed E-state index contributed by atoms with van der Waals surface area (Å²) in [6.45, 7) is 0.961. The molecule has 0 aromatic carbocycles. The topological polar surface area (TPSA) is 67.1 Å². The van der Waals surface area contributed by atoms with Gasteiger partial charge in [0.05, 0.1) is 0 Å². The summed E-state index contributed by atoms with van der Waals surface area (Å²) in [6, 6.07) is 1.82. The Morgan fingerprint density at radius 1 is 1.57 bits per heavy atom. The Balaban J connectivity index is 2.64. The molecule has 0 aliphatic rings. The number of hydrogen-bond acceptors (Lipinski definition) is 6. The van der Waals surface area contributed by atoms with Crippen LogP contribution < -0.4 is 16.2 Å². The number of nitrogens with two attached hydrogens (primary N) is 1. The molecule has 3 N–H and O–H groups in total. The molecule has 0 radical (unpaired) electrons. The van der Waals surface area contributed by atoms with E-state index in [1.807, 2.05) is 24.9 Å². The first kappa shape index (κ1) is 11.1. The van der Waals surface area contributed by atoms with Crippen LogP contribution in [0.5, 0.6) is 0 Å². The Hall–Kier alpha value is -1.01. The highest BCUT2D eigenvalue weighted by Crippen LogP contribution is 2.11. The third-order valence-electron chi connectivity index (χ3n) is 1.82. The SMILES string of the molecule is CSCCN(C)c1cc(NN)ncn1. The first-order chi connectivity index (χ1) is 6.77. The number of nitrogens with one attached hydrogen (secondary N) is 1. The van der Waals surface area contributed by atoms with Gasteiger partial charge in [-0.05, 0) is 6.26 Å². The summed E-state index contributed by atoms with van der Waals surface area (Å²) in [5.74, 6) is 7.84. The summed E-state index contributed by atoms with van der Waals surface area (Å²) in [4.78, 5) is 10.2. The summed E-state index contributed by atoms with van der Waals surface area (Å²) >= 11 is 1.81. The van der Waals surface area contributed by atoms with Crippen LogP contribution in [0.2, 0.25) is 0 Å². The molecule has 1 aromatic rings. The molecule has 0 bridgehead atoms. The zero-order valence-electron chi connectivity index (χ0n) is 8.40. The van der Waals surface area contributed by atoms with Gasteiger partial charge in [0, 0.05) is 25.4 Å². The number of hydrogen-bond donors (Lipinski definition) is 2. The van der Waals surface area contributed by atoms with Crippen molar-refractivity contribution in [3.05, 3.63) is 12.4 Å². The molecule has 0 saturated heterocycles. The molecule has 6 heteroatoms. The van der Waals surface area contributed by atoms with Gasteiger partial charge < -0.3 is 10.3 Å². The number of aromatic nitrogens is 2. The van der Waals surface area contributed by atoms with E-state index in [1.54, 1.807) is 0 Å². The van der Waals surface area contributed by atoms with Crippen molar-refractivity contribution in [1.82, 2.24) is 9.97 Å². The third-order valence-corrected chi connectivity index (χ3v) is 2.41. The second-order valence-electron chi connectivity index (χ2n) is 2.82. The Bertz CT molecular complexity index is 280. The molecule has 0 saturated carbocycles. The third kappa shape index (κ3) is 3.04. The standard InChI is InChI=1S/C8H15N5S/c1-13(3-4-14-2)8-5-7(12-9)10-6-11-8/h5-6H,3-4,9H2,1-2H3,(H,10,11,12). The summed E-state index contributed by atoms with van der Waals surface area (Å²) in [6.07, 6.45) is 3.58. The molecule has 0 atom stereocenters. The van der Waals surface area contributed by atoms with E-state index in [-0.39, 0.29) is 0 Å². The maximum atomic E-state index is 5.26. The average Bonchev–Trinajstić information content (AvgIpc) is 2.26. The first-order valence-electron chi connectivity index (χ1n) is 4.26. The fourth-order valence-electron chi connectivity index (χ4n) is 0.977. The van der Waals surface area contributed by atoms with Crippen LogP contribution in [-0.4, -0.2) is 35.6 Å². The minimum Gasteiger partial charge on any atom is -0.359 e. The molecule has 78 valence electrons. The lowest BCUT2D eigenvalue weighted by Crippen LogP contribution is -2.22. The van der Waals surface area contributed by atoms with Gasteiger partial charge in [-0.2, -0.15) is 11.8 Å². The Labute approximate surface area is 88.1 Å². The predicted molar refractivity (Wildman–Crippen MR) is 61.5 cm³/mol. The molecule has 0 spiro atoms. The summed E-state index contributed by atoms with van der Waals surface area (Å²) in [5, 5.41) is 0. The normalized spacial score (nSPS) is 9.93. The fraction of sp³-hybridized carbons (Fsp3) is 0.500. The molecule has 0 amide bonds. The van der Waals surface area contributed by atoms with Crippen molar-refractivity contribution in [3.63, 3.8) is 0 Å². The van der Waals surface area contributed by atoms with Crippen LogP contribution >= 0.6 is 11.8 Å². The van der Waals surface area contributed by atoms with Crippen LogP contribution in [-0.2, 0) is 0 Å². The zero-order valence-corrected chi connectivity index (χ0v) is 9.21. The van der Waals surface area contributed by atoms with Gasteiger partial charge in [0.25, 0.3) is 0 Å². The van der Waals surface area contributed by atoms with E-state index in [0.717, 1.165) is 18.1 Å². The second kappa shape index (κ2) is 5.66. The smallest absolute Gasteiger partial charge is 0.145 e. The van der Waals surface area contributed by atoms with Crippen molar-refractivity contribution in [2.24, 2.45) is 5.84 Å². The van der Waals surface area contributed by atoms with Crippen molar-refractivity contribution in [1.29, 1.82) is 0 Å². The average molecular weight is 213 g/mol. The maximum Gasteiger partial charge on any atom is 0.145 e. The second-order valence-corrected chi connectivity index (χ2v) is 3.81. The van der Waals surface area contributed by atoms with Crippen LogP contribution in [0.4, 0.5) is 11.6 Å². The van der Waals surface area contributed by atoms with Crippen molar-refractivity contribution < 1.29 is 0 Å². The molecule has 0 aliphatic carbocycles. The van der Waals surface area contributed by atoms with Crippen LogP contribution in [0.1, 0.15) is 0 Å². The first-order valence-corrected chi connectivity index (χ1v) is 5.66. The van der Waals surface area contributed by atoms with Crippen molar-refractivity contribution >= 4 is 23.4 Å². The van der Waals surface area contributed by atoms with E-state index in [4.69, 9.17) is 5.84 Å². The monoisotopic (exact) mass is 213 g/mol. The molecule has 5 nitrogen and oxygen atoms in total. The molecule has 0 unspecified atom stereocenters. The quantitative estimate of drug-likeness (QED) is 0.550. The highest BCUT2D eigenvalue weighted by molar-refractivity contribution is 7.98. The van der Waals surface area contributed by atoms with Crippen LogP contribution in [0.15, 0.2) is 12.4 Å². The van der Waals surface area contributed by atoms with E-state index in [0.29, 0.717) is 5.82 Å². The number of anilines is 2. The number of nitrogens with zero attached hydrogens (tertiary/aromatic N) is 3. The van der Waals surface area contributed by atoms with Gasteiger partial charge >= 0.3 is 0 Å². The number of nitrogen functional groups attached to an aromatic ring is 1. The molecule has 0 fully saturated rings. The van der Waals surface area contributed by atoms with Gasteiger partial charge in [0.2, 0.25) is 0 Å². The van der Waals surface area contributed by atoms with Crippen LogP contribution in [0.25, 0.3) is 0 Å². The van der Waals surface area contributed by atoms with Crippen molar-refractivity contribution in [2.75, 3.05) is 35.9 Å². The summed E-state index contributed by atoms with van der Waals surface area (Å²) in [5.41, 5.74) is 2.50. The number of hydrazine groups is 1. The van der Waals surface area contributed by atoms with E-state index in [9.17, 15) is 0 Å². The Morgan fingerprint density at radius 3 is 3.00 bits per heavy atom. The lowest BCUT2D eigenvalue weighted by atomic mass is 10.5. The number of rotatable bonds is 5.